The molecule has 1 aliphatic rings. The highest BCUT2D eigenvalue weighted by molar-refractivity contribution is 9.10. The van der Waals surface area contributed by atoms with Crippen LogP contribution in [0.5, 0.6) is 0 Å². The summed E-state index contributed by atoms with van der Waals surface area (Å²) in [5.41, 5.74) is -0.289. The number of halogens is 4. The lowest BCUT2D eigenvalue weighted by molar-refractivity contribution is -0.138. The number of benzene rings is 1. The molecule has 20 heavy (non-hydrogen) atoms. The molecule has 2 nitrogen and oxygen atoms in total. The summed E-state index contributed by atoms with van der Waals surface area (Å²) in [6, 6.07) is 4.31. The van der Waals surface area contributed by atoms with Gasteiger partial charge < -0.3 is 5.32 Å². The van der Waals surface area contributed by atoms with Gasteiger partial charge in [-0.1, -0.05) is 41.5 Å². The number of thioether (sulfide) groups is 1. The predicted octanol–water partition coefficient (Wildman–Crippen LogP) is 5.01. The number of aliphatic imine (C=N–C) groups is 1. The van der Waals surface area contributed by atoms with Crippen LogP contribution in [0.25, 0.3) is 0 Å². The zero-order chi connectivity index (χ0) is 14.9. The topological polar surface area (TPSA) is 24.4 Å². The van der Waals surface area contributed by atoms with Gasteiger partial charge in [0.05, 0.1) is 11.6 Å². The zero-order valence-corrected chi connectivity index (χ0v) is 13.4. The van der Waals surface area contributed by atoms with E-state index in [-0.39, 0.29) is 10.5 Å². The molecular formula is C13H14BrF3N2S. The molecule has 7 heteroatoms. The lowest BCUT2D eigenvalue weighted by atomic mass is 10.1. The number of hydrogen-bond donors (Lipinski definition) is 1. The van der Waals surface area contributed by atoms with Crippen molar-refractivity contribution in [3.63, 3.8) is 0 Å². The van der Waals surface area contributed by atoms with E-state index in [1.165, 1.54) is 17.8 Å². The van der Waals surface area contributed by atoms with Gasteiger partial charge in [0.2, 0.25) is 0 Å². The Morgan fingerprint density at radius 1 is 1.40 bits per heavy atom. The minimum atomic E-state index is -4.37. The van der Waals surface area contributed by atoms with Crippen LogP contribution >= 0.6 is 27.7 Å². The standard InChI is InChI=1S/C13H14BrF3N2S/c1-7(2)11-6-20-12(19-11)18-8-3-4-10(14)9(5-8)13(15,16)17/h3-5,7,11H,6H2,1-2H3,(H,18,19)/t11-/m1/s1. The van der Waals surface area contributed by atoms with Crippen molar-refractivity contribution in [1.29, 1.82) is 0 Å². The lowest BCUT2D eigenvalue weighted by Crippen LogP contribution is -2.12. The highest BCUT2D eigenvalue weighted by Gasteiger charge is 2.33. The van der Waals surface area contributed by atoms with Gasteiger partial charge in [0.15, 0.2) is 5.17 Å². The van der Waals surface area contributed by atoms with Gasteiger partial charge in [0.25, 0.3) is 0 Å². The Morgan fingerprint density at radius 2 is 2.10 bits per heavy atom. The maximum Gasteiger partial charge on any atom is 0.417 e. The number of anilines is 1. The monoisotopic (exact) mass is 366 g/mol. The van der Waals surface area contributed by atoms with E-state index in [9.17, 15) is 13.2 Å². The van der Waals surface area contributed by atoms with Crippen LogP contribution in [0.2, 0.25) is 0 Å². The molecule has 0 bridgehead atoms. The Kier molecular flexibility index (Phi) is 4.69. The van der Waals surface area contributed by atoms with Gasteiger partial charge in [0.1, 0.15) is 0 Å². The van der Waals surface area contributed by atoms with E-state index < -0.39 is 11.7 Å². The van der Waals surface area contributed by atoms with Crippen molar-refractivity contribution in [3.05, 3.63) is 28.2 Å². The van der Waals surface area contributed by atoms with Gasteiger partial charge in [-0.25, -0.2) is 0 Å². The van der Waals surface area contributed by atoms with Crippen molar-refractivity contribution in [3.8, 4) is 0 Å². The van der Waals surface area contributed by atoms with Crippen LogP contribution < -0.4 is 5.32 Å². The normalized spacial score (nSPS) is 19.4. The van der Waals surface area contributed by atoms with E-state index in [0.29, 0.717) is 16.8 Å². The molecule has 0 saturated heterocycles. The second-order valence-electron chi connectivity index (χ2n) is 4.87. The molecule has 1 heterocycles. The molecule has 1 atom stereocenters. The Hall–Kier alpha value is -0.690. The molecule has 1 N–H and O–H groups in total. The van der Waals surface area contributed by atoms with Crippen LogP contribution in [-0.2, 0) is 6.18 Å². The smallest absolute Gasteiger partial charge is 0.335 e. The second kappa shape index (κ2) is 5.97. The van der Waals surface area contributed by atoms with Gasteiger partial charge in [-0.05, 0) is 24.1 Å². The third-order valence-electron chi connectivity index (χ3n) is 2.97. The van der Waals surface area contributed by atoms with E-state index in [2.05, 4.69) is 40.1 Å². The molecule has 0 spiro atoms. The van der Waals surface area contributed by atoms with Crippen LogP contribution in [0.1, 0.15) is 19.4 Å². The second-order valence-corrected chi connectivity index (χ2v) is 6.74. The lowest BCUT2D eigenvalue weighted by Gasteiger charge is -2.12. The van der Waals surface area contributed by atoms with E-state index in [0.717, 1.165) is 11.8 Å². The van der Waals surface area contributed by atoms with Crippen LogP contribution in [0, 0.1) is 5.92 Å². The molecule has 110 valence electrons. The van der Waals surface area contributed by atoms with Crippen molar-refractivity contribution in [2.24, 2.45) is 10.9 Å². The molecule has 0 amide bonds. The number of hydrogen-bond acceptors (Lipinski definition) is 3. The minimum absolute atomic E-state index is 0.0385. The number of alkyl halides is 3. The van der Waals surface area contributed by atoms with Crippen molar-refractivity contribution in [2.45, 2.75) is 26.1 Å². The summed E-state index contributed by atoms with van der Waals surface area (Å²) in [6.07, 6.45) is -4.37. The Morgan fingerprint density at radius 3 is 2.65 bits per heavy atom. The molecule has 0 fully saturated rings. The summed E-state index contributed by atoms with van der Waals surface area (Å²) in [4.78, 5) is 4.47. The highest BCUT2D eigenvalue weighted by Crippen LogP contribution is 2.36. The number of rotatable bonds is 2. The average molecular weight is 367 g/mol. The maximum absolute atomic E-state index is 12.8. The summed E-state index contributed by atoms with van der Waals surface area (Å²) in [7, 11) is 0. The fourth-order valence-electron chi connectivity index (χ4n) is 1.74. The molecule has 2 rings (SSSR count). The zero-order valence-electron chi connectivity index (χ0n) is 11.0. The quantitative estimate of drug-likeness (QED) is 0.795. The Bertz CT molecular complexity index is 529. The van der Waals surface area contributed by atoms with Crippen LogP contribution in [0.4, 0.5) is 18.9 Å². The molecule has 0 aliphatic carbocycles. The van der Waals surface area contributed by atoms with Gasteiger partial charge >= 0.3 is 6.18 Å². The fraction of sp³-hybridized carbons (Fsp3) is 0.462. The maximum atomic E-state index is 12.8. The largest absolute Gasteiger partial charge is 0.417 e. The predicted molar refractivity (Wildman–Crippen MR) is 81.3 cm³/mol. The molecule has 0 unspecified atom stereocenters. The molecule has 0 radical (unpaired) electrons. The molecule has 1 aromatic rings. The SMILES string of the molecule is CC(C)[C@H]1CSC(Nc2ccc(Br)c(C(F)(F)F)c2)=N1. The van der Waals surface area contributed by atoms with Gasteiger partial charge in [-0.15, -0.1) is 0 Å². The Balaban J connectivity index is 2.17. The van der Waals surface area contributed by atoms with E-state index in [4.69, 9.17) is 0 Å². The summed E-state index contributed by atoms with van der Waals surface area (Å²) >= 11 is 4.46. The van der Waals surface area contributed by atoms with Crippen LogP contribution in [0.3, 0.4) is 0 Å². The van der Waals surface area contributed by atoms with Gasteiger partial charge in [0, 0.05) is 15.9 Å². The number of amidine groups is 1. The van der Waals surface area contributed by atoms with Gasteiger partial charge in [-0.3, -0.25) is 4.99 Å². The van der Waals surface area contributed by atoms with Crippen molar-refractivity contribution >= 4 is 38.5 Å². The summed E-state index contributed by atoms with van der Waals surface area (Å²) in [5, 5.41) is 3.64. The molecule has 0 saturated carbocycles. The minimum Gasteiger partial charge on any atom is -0.335 e. The molecule has 1 aromatic carbocycles. The summed E-state index contributed by atoms with van der Waals surface area (Å²) in [6.45, 7) is 4.16. The highest BCUT2D eigenvalue weighted by atomic mass is 79.9. The van der Waals surface area contributed by atoms with Crippen LogP contribution in [-0.4, -0.2) is 17.0 Å². The number of nitrogens with one attached hydrogen (secondary N) is 1. The van der Waals surface area contributed by atoms with E-state index in [1.54, 1.807) is 6.07 Å². The fourth-order valence-corrected chi connectivity index (χ4v) is 3.40. The first-order valence-corrected chi connectivity index (χ1v) is 7.89. The molecule has 0 aromatic heterocycles. The summed E-state index contributed by atoms with van der Waals surface area (Å²) in [5.74, 6) is 1.29. The first kappa shape index (κ1) is 15.7. The first-order chi connectivity index (χ1) is 9.27. The number of nitrogens with zero attached hydrogens (tertiary/aromatic N) is 1. The van der Waals surface area contributed by atoms with E-state index >= 15 is 0 Å². The molecular weight excluding hydrogens is 353 g/mol. The molecule has 1 aliphatic heterocycles. The van der Waals surface area contributed by atoms with E-state index in [1.807, 2.05) is 0 Å². The average Bonchev–Trinajstić information content (AvgIpc) is 2.79. The third kappa shape index (κ3) is 3.69. The first-order valence-electron chi connectivity index (χ1n) is 6.11. The van der Waals surface area contributed by atoms with Crippen LogP contribution in [0.15, 0.2) is 27.7 Å². The summed E-state index contributed by atoms with van der Waals surface area (Å²) < 4.78 is 38.5. The van der Waals surface area contributed by atoms with Crippen molar-refractivity contribution < 1.29 is 13.2 Å². The Labute approximate surface area is 128 Å². The third-order valence-corrected chi connectivity index (χ3v) is 4.65. The van der Waals surface area contributed by atoms with Crippen molar-refractivity contribution in [2.75, 3.05) is 11.1 Å². The van der Waals surface area contributed by atoms with Crippen molar-refractivity contribution in [1.82, 2.24) is 0 Å². The van der Waals surface area contributed by atoms with Gasteiger partial charge in [-0.2, -0.15) is 13.2 Å².